The van der Waals surface area contributed by atoms with Crippen LogP contribution in [0.3, 0.4) is 0 Å². The van der Waals surface area contributed by atoms with E-state index in [2.05, 4.69) is 4.98 Å². The summed E-state index contributed by atoms with van der Waals surface area (Å²) < 4.78 is 32.8. The molecule has 0 aromatic carbocycles. The van der Waals surface area contributed by atoms with Gasteiger partial charge in [-0.15, -0.1) is 11.6 Å². The highest BCUT2D eigenvalue weighted by molar-refractivity contribution is 6.18. The molecule has 1 aromatic rings. The maximum Gasteiger partial charge on any atom is 0.351 e. The second-order valence-corrected chi connectivity index (χ2v) is 9.45. The number of alkyl halides is 2. The molecule has 1 aliphatic heterocycles. The number of rotatable bonds is 9. The molecule has 1 saturated heterocycles. The number of nitrogen functional groups attached to an aromatic ring is 1. The minimum absolute atomic E-state index is 0.0962. The topological polar surface area (TPSA) is 163 Å². The summed E-state index contributed by atoms with van der Waals surface area (Å²) in [6, 6.07) is 1.25. The molecule has 1 aromatic heterocycles. The molecule has 11 nitrogen and oxygen atoms in total. The minimum atomic E-state index is -2.13. The van der Waals surface area contributed by atoms with Gasteiger partial charge in [-0.1, -0.05) is 0 Å². The van der Waals surface area contributed by atoms with E-state index in [4.69, 9.17) is 31.5 Å². The van der Waals surface area contributed by atoms with Gasteiger partial charge < -0.3 is 30.2 Å². The van der Waals surface area contributed by atoms with Gasteiger partial charge in [-0.3, -0.25) is 14.2 Å². The summed E-state index contributed by atoms with van der Waals surface area (Å²) in [4.78, 5) is 40.8. The summed E-state index contributed by atoms with van der Waals surface area (Å²) in [5, 5.41) is 18.9. The predicted molar refractivity (Wildman–Crippen MR) is 114 cm³/mol. The largest absolute Gasteiger partial charge is 0.462 e. The Morgan fingerprint density at radius 2 is 1.85 bits per heavy atom. The van der Waals surface area contributed by atoms with Crippen LogP contribution < -0.4 is 11.4 Å². The lowest BCUT2D eigenvalue weighted by molar-refractivity contribution is -0.185. The van der Waals surface area contributed by atoms with Crippen LogP contribution >= 0.6 is 11.6 Å². The molecule has 2 rings (SSSR count). The van der Waals surface area contributed by atoms with E-state index in [0.29, 0.717) is 0 Å². The van der Waals surface area contributed by atoms with Crippen LogP contribution in [0.4, 0.5) is 10.2 Å². The van der Waals surface area contributed by atoms with Crippen molar-refractivity contribution in [2.45, 2.75) is 51.8 Å². The van der Waals surface area contributed by atoms with E-state index in [1.165, 1.54) is 33.8 Å². The zero-order valence-corrected chi connectivity index (χ0v) is 19.5. The van der Waals surface area contributed by atoms with Crippen molar-refractivity contribution >= 4 is 29.4 Å². The number of carbonyl (C=O) groups is 2. The Morgan fingerprint density at radius 1 is 1.27 bits per heavy atom. The highest BCUT2D eigenvalue weighted by Gasteiger charge is 2.60. The number of carbonyl (C=O) groups excluding carboxylic acids is 2. The lowest BCUT2D eigenvalue weighted by Gasteiger charge is -2.34. The molecule has 0 unspecified atom stereocenters. The normalized spacial score (nSPS) is 25.6. The van der Waals surface area contributed by atoms with Crippen molar-refractivity contribution in [3.05, 3.63) is 22.7 Å². The second-order valence-electron chi connectivity index (χ2n) is 9.18. The molecule has 4 N–H and O–H groups in total. The molecule has 0 radical (unpaired) electrons. The predicted octanol–water partition coefficient (Wildman–Crippen LogP) is 0.162. The van der Waals surface area contributed by atoms with Gasteiger partial charge >= 0.3 is 17.6 Å². The number of anilines is 1. The van der Waals surface area contributed by atoms with Gasteiger partial charge in [0.1, 0.15) is 12.4 Å². The Morgan fingerprint density at radius 3 is 2.36 bits per heavy atom. The number of esters is 2. The number of aromatic nitrogens is 2. The number of nitrogens with two attached hydrogens (primary N) is 1. The van der Waals surface area contributed by atoms with Gasteiger partial charge in [-0.05, 0) is 33.8 Å². The fourth-order valence-corrected chi connectivity index (χ4v) is 3.16. The van der Waals surface area contributed by atoms with Crippen molar-refractivity contribution in [2.24, 2.45) is 10.8 Å². The van der Waals surface area contributed by atoms with Gasteiger partial charge in [-0.25, -0.2) is 9.18 Å². The molecule has 2 heterocycles. The van der Waals surface area contributed by atoms with E-state index in [9.17, 15) is 24.6 Å². The molecular weight excluding hydrogens is 465 g/mol. The van der Waals surface area contributed by atoms with Crippen LogP contribution in [0, 0.1) is 10.8 Å². The molecule has 0 saturated carbocycles. The lowest BCUT2D eigenvalue weighted by atomic mass is 9.93. The number of halogens is 2. The fourth-order valence-electron chi connectivity index (χ4n) is 2.86. The van der Waals surface area contributed by atoms with Gasteiger partial charge in [0.15, 0.2) is 24.1 Å². The van der Waals surface area contributed by atoms with Crippen molar-refractivity contribution < 1.29 is 38.4 Å². The molecule has 0 bridgehead atoms. The first kappa shape index (κ1) is 27.0. The van der Waals surface area contributed by atoms with Crippen molar-refractivity contribution in [3.63, 3.8) is 0 Å². The van der Waals surface area contributed by atoms with E-state index >= 15 is 4.39 Å². The quantitative estimate of drug-likeness (QED) is 0.319. The van der Waals surface area contributed by atoms with Crippen LogP contribution in [0.5, 0.6) is 0 Å². The molecule has 13 heteroatoms. The standard InChI is InChI=1S/C20H29ClFN3O8/c1-18(2,8-26)15(28)31-10-20(7-21)13(32-16(29)19(3,4)9-27)12(22)14(33-20)25-6-5-11(23)24-17(25)30/h5-6,12-14,26-27H,7-10H2,1-4H3,(H2,23,24,30)/t12-,13-,14+,20+/m0/s1. The van der Waals surface area contributed by atoms with Crippen LogP contribution in [0.1, 0.15) is 33.9 Å². The number of aliphatic hydroxyl groups is 2. The lowest BCUT2D eigenvalue weighted by Crippen LogP contribution is -2.52. The van der Waals surface area contributed by atoms with Crippen LogP contribution in [0.2, 0.25) is 0 Å². The summed E-state index contributed by atoms with van der Waals surface area (Å²) in [5.41, 5.74) is 0.00438. The first-order chi connectivity index (χ1) is 15.2. The Labute approximate surface area is 194 Å². The maximum atomic E-state index is 15.7. The van der Waals surface area contributed by atoms with Gasteiger partial charge in [0.2, 0.25) is 0 Å². The SMILES string of the molecule is CC(C)(CO)C(=O)OC[C@@]1(CCl)O[C@@H](n2ccc(N)nc2=O)[C@@H](F)[C@@H]1OC(=O)C(C)(C)CO. The molecule has 33 heavy (non-hydrogen) atoms. The average Bonchev–Trinajstić information content (AvgIpc) is 3.04. The third-order valence-corrected chi connectivity index (χ3v) is 5.82. The van der Waals surface area contributed by atoms with Crippen molar-refractivity contribution in [3.8, 4) is 0 Å². The summed E-state index contributed by atoms with van der Waals surface area (Å²) in [6.45, 7) is 3.87. The molecule has 186 valence electrons. The Balaban J connectivity index is 2.46. The zero-order valence-electron chi connectivity index (χ0n) is 18.8. The Bertz CT molecular complexity index is 940. The molecule has 4 atom stereocenters. The highest BCUT2D eigenvalue weighted by atomic mass is 35.5. The molecule has 0 amide bonds. The van der Waals surface area contributed by atoms with Crippen molar-refractivity contribution in [1.29, 1.82) is 0 Å². The monoisotopic (exact) mass is 493 g/mol. The fraction of sp³-hybridized carbons (Fsp3) is 0.700. The van der Waals surface area contributed by atoms with Crippen LogP contribution in [0.15, 0.2) is 17.1 Å². The molecule has 1 aliphatic rings. The van der Waals surface area contributed by atoms with E-state index < -0.39 is 78.3 Å². The van der Waals surface area contributed by atoms with E-state index in [0.717, 1.165) is 10.8 Å². The summed E-state index contributed by atoms with van der Waals surface area (Å²) in [5.74, 6) is -2.38. The number of hydrogen-bond donors (Lipinski definition) is 3. The third kappa shape index (κ3) is 5.45. The van der Waals surface area contributed by atoms with Gasteiger partial charge in [0.25, 0.3) is 0 Å². The number of hydrogen-bond acceptors (Lipinski definition) is 10. The van der Waals surface area contributed by atoms with E-state index in [1.54, 1.807) is 0 Å². The van der Waals surface area contributed by atoms with Crippen LogP contribution in [-0.4, -0.2) is 75.3 Å². The van der Waals surface area contributed by atoms with Gasteiger partial charge in [-0.2, -0.15) is 4.98 Å². The smallest absolute Gasteiger partial charge is 0.351 e. The maximum absolute atomic E-state index is 15.7. The van der Waals surface area contributed by atoms with Gasteiger partial charge in [0.05, 0.1) is 29.9 Å². The average molecular weight is 494 g/mol. The van der Waals surface area contributed by atoms with Gasteiger partial charge in [0, 0.05) is 6.20 Å². The second kappa shape index (κ2) is 9.92. The minimum Gasteiger partial charge on any atom is -0.462 e. The van der Waals surface area contributed by atoms with Crippen molar-refractivity contribution in [1.82, 2.24) is 9.55 Å². The zero-order chi connectivity index (χ0) is 25.2. The first-order valence-electron chi connectivity index (χ1n) is 10.1. The summed E-state index contributed by atoms with van der Waals surface area (Å²) in [6.07, 6.45) is -4.32. The molecular formula is C20H29ClFN3O8. The molecule has 0 aliphatic carbocycles. The number of aliphatic hydroxyl groups excluding tert-OH is 2. The highest BCUT2D eigenvalue weighted by Crippen LogP contribution is 2.42. The molecule has 0 spiro atoms. The Hall–Kier alpha value is -2.28. The third-order valence-electron chi connectivity index (χ3n) is 5.36. The van der Waals surface area contributed by atoms with Crippen LogP contribution in [-0.2, 0) is 23.8 Å². The van der Waals surface area contributed by atoms with E-state index in [-0.39, 0.29) is 5.82 Å². The summed E-state index contributed by atoms with van der Waals surface area (Å²) in [7, 11) is 0. The number of ether oxygens (including phenoxy) is 3. The van der Waals surface area contributed by atoms with E-state index in [1.807, 2.05) is 0 Å². The summed E-state index contributed by atoms with van der Waals surface area (Å²) >= 11 is 6.11. The Kier molecular flexibility index (Phi) is 8.10. The molecule has 1 fully saturated rings. The van der Waals surface area contributed by atoms with Crippen molar-refractivity contribution in [2.75, 3.05) is 31.4 Å². The number of nitrogens with zero attached hydrogens (tertiary/aromatic N) is 2. The van der Waals surface area contributed by atoms with Crippen LogP contribution in [0.25, 0.3) is 0 Å². The first-order valence-corrected chi connectivity index (χ1v) is 10.6.